The van der Waals surface area contributed by atoms with Crippen molar-refractivity contribution in [1.29, 1.82) is 0 Å². The Kier molecular flexibility index (Phi) is 4.19. The summed E-state index contributed by atoms with van der Waals surface area (Å²) in [6, 6.07) is 4.50. The fourth-order valence-corrected chi connectivity index (χ4v) is 2.40. The molecule has 0 saturated heterocycles. The van der Waals surface area contributed by atoms with Gasteiger partial charge >= 0.3 is 0 Å². The van der Waals surface area contributed by atoms with Crippen molar-refractivity contribution in [1.82, 2.24) is 5.32 Å². The fraction of sp³-hybridized carbons (Fsp3) is 0.462. The van der Waals surface area contributed by atoms with Gasteiger partial charge in [0.25, 0.3) is 11.6 Å². The zero-order valence-corrected chi connectivity index (χ0v) is 12.1. The van der Waals surface area contributed by atoms with Crippen LogP contribution in [0.25, 0.3) is 0 Å². The lowest BCUT2D eigenvalue weighted by Crippen LogP contribution is -2.32. The summed E-state index contributed by atoms with van der Waals surface area (Å²) in [5, 5.41) is 13.7. The van der Waals surface area contributed by atoms with Crippen LogP contribution in [0.3, 0.4) is 0 Å². The predicted octanol–water partition coefficient (Wildman–Crippen LogP) is 3.28. The van der Waals surface area contributed by atoms with E-state index in [1.54, 1.807) is 6.07 Å². The normalized spacial score (nSPS) is 15.9. The molecule has 6 heteroatoms. The SMILES string of the molecule is CC(CC1CC1)NC(=O)c1ccc(Br)c([N+](=O)[O-])c1. The van der Waals surface area contributed by atoms with Gasteiger partial charge in [0, 0.05) is 17.7 Å². The summed E-state index contributed by atoms with van der Waals surface area (Å²) in [5.41, 5.74) is 0.222. The van der Waals surface area contributed by atoms with Crippen molar-refractivity contribution >= 4 is 27.5 Å². The number of hydrogen-bond donors (Lipinski definition) is 1. The van der Waals surface area contributed by atoms with Gasteiger partial charge in [0.15, 0.2) is 0 Å². The molecule has 1 amide bonds. The van der Waals surface area contributed by atoms with E-state index in [1.807, 2.05) is 6.92 Å². The minimum atomic E-state index is -0.505. The summed E-state index contributed by atoms with van der Waals surface area (Å²) < 4.78 is 0.375. The quantitative estimate of drug-likeness (QED) is 0.666. The van der Waals surface area contributed by atoms with E-state index < -0.39 is 4.92 Å². The Balaban J connectivity index is 2.05. The van der Waals surface area contributed by atoms with Gasteiger partial charge in [-0.3, -0.25) is 14.9 Å². The number of hydrogen-bond acceptors (Lipinski definition) is 3. The molecule has 1 aromatic rings. The van der Waals surface area contributed by atoms with Gasteiger partial charge in [-0.15, -0.1) is 0 Å². The number of carbonyl (C=O) groups is 1. The molecule has 5 nitrogen and oxygen atoms in total. The van der Waals surface area contributed by atoms with Crippen molar-refractivity contribution in [2.24, 2.45) is 5.92 Å². The van der Waals surface area contributed by atoms with Crippen LogP contribution in [-0.2, 0) is 0 Å². The first-order valence-corrected chi connectivity index (χ1v) is 7.01. The van der Waals surface area contributed by atoms with Gasteiger partial charge in [-0.05, 0) is 47.3 Å². The van der Waals surface area contributed by atoms with E-state index in [1.165, 1.54) is 25.0 Å². The van der Waals surface area contributed by atoms with E-state index in [0.29, 0.717) is 10.0 Å². The van der Waals surface area contributed by atoms with Crippen LogP contribution in [0, 0.1) is 16.0 Å². The van der Waals surface area contributed by atoms with E-state index in [2.05, 4.69) is 21.2 Å². The van der Waals surface area contributed by atoms with Crippen LogP contribution in [0.15, 0.2) is 22.7 Å². The molecule has 0 aliphatic heterocycles. The van der Waals surface area contributed by atoms with Gasteiger partial charge in [0.05, 0.1) is 9.40 Å². The molecule has 19 heavy (non-hydrogen) atoms. The molecule has 1 fully saturated rings. The first-order valence-electron chi connectivity index (χ1n) is 6.22. The first kappa shape index (κ1) is 14.0. The first-order chi connectivity index (χ1) is 8.97. The van der Waals surface area contributed by atoms with Crippen molar-refractivity contribution in [3.05, 3.63) is 38.3 Å². The molecule has 1 aliphatic rings. The zero-order chi connectivity index (χ0) is 14.0. The van der Waals surface area contributed by atoms with Crippen LogP contribution >= 0.6 is 15.9 Å². The molecule has 0 spiro atoms. The molecular weight excluding hydrogens is 312 g/mol. The summed E-state index contributed by atoms with van der Waals surface area (Å²) in [6.45, 7) is 1.96. The van der Waals surface area contributed by atoms with Gasteiger partial charge < -0.3 is 5.32 Å². The van der Waals surface area contributed by atoms with Crippen LogP contribution in [0.4, 0.5) is 5.69 Å². The summed E-state index contributed by atoms with van der Waals surface area (Å²) in [6.07, 6.45) is 3.46. The van der Waals surface area contributed by atoms with E-state index in [4.69, 9.17) is 0 Å². The maximum atomic E-state index is 12.0. The van der Waals surface area contributed by atoms with E-state index in [9.17, 15) is 14.9 Å². The van der Waals surface area contributed by atoms with Gasteiger partial charge in [0.2, 0.25) is 0 Å². The lowest BCUT2D eigenvalue weighted by molar-refractivity contribution is -0.385. The van der Waals surface area contributed by atoms with Crippen LogP contribution < -0.4 is 5.32 Å². The Morgan fingerprint density at radius 2 is 2.26 bits per heavy atom. The molecule has 2 rings (SSSR count). The Hall–Kier alpha value is -1.43. The molecule has 0 bridgehead atoms. The second kappa shape index (κ2) is 5.69. The molecule has 0 radical (unpaired) electrons. The van der Waals surface area contributed by atoms with Crippen molar-refractivity contribution in [2.45, 2.75) is 32.2 Å². The highest BCUT2D eigenvalue weighted by molar-refractivity contribution is 9.10. The Bertz CT molecular complexity index is 515. The Morgan fingerprint density at radius 3 is 2.84 bits per heavy atom. The van der Waals surface area contributed by atoms with Crippen molar-refractivity contribution < 1.29 is 9.72 Å². The molecular formula is C13H15BrN2O3. The third-order valence-electron chi connectivity index (χ3n) is 3.17. The van der Waals surface area contributed by atoms with Gasteiger partial charge in [0.1, 0.15) is 0 Å². The highest BCUT2D eigenvalue weighted by Crippen LogP contribution is 2.33. The van der Waals surface area contributed by atoms with Gasteiger partial charge in [-0.25, -0.2) is 0 Å². The molecule has 0 heterocycles. The summed E-state index contributed by atoms with van der Waals surface area (Å²) in [4.78, 5) is 22.3. The summed E-state index contributed by atoms with van der Waals surface area (Å²) in [5.74, 6) is 0.471. The molecule has 1 atom stereocenters. The number of nitro groups is 1. The van der Waals surface area contributed by atoms with Crippen LogP contribution in [-0.4, -0.2) is 16.9 Å². The van der Waals surface area contributed by atoms with Crippen molar-refractivity contribution in [2.75, 3.05) is 0 Å². The highest BCUT2D eigenvalue weighted by atomic mass is 79.9. The van der Waals surface area contributed by atoms with Crippen LogP contribution in [0.2, 0.25) is 0 Å². The highest BCUT2D eigenvalue weighted by Gasteiger charge is 2.24. The summed E-state index contributed by atoms with van der Waals surface area (Å²) >= 11 is 3.10. The molecule has 1 saturated carbocycles. The predicted molar refractivity (Wildman–Crippen MR) is 75.1 cm³/mol. The molecule has 102 valence electrons. The molecule has 1 aliphatic carbocycles. The largest absolute Gasteiger partial charge is 0.350 e. The number of nitrogens with one attached hydrogen (secondary N) is 1. The maximum Gasteiger partial charge on any atom is 0.284 e. The van der Waals surface area contributed by atoms with E-state index >= 15 is 0 Å². The standard InChI is InChI=1S/C13H15BrN2O3/c1-8(6-9-2-3-9)15-13(17)10-4-5-11(14)12(7-10)16(18)19/h4-5,7-9H,2-3,6H2,1H3,(H,15,17). The lowest BCUT2D eigenvalue weighted by atomic mass is 10.1. The molecule has 1 N–H and O–H groups in total. The minimum Gasteiger partial charge on any atom is -0.350 e. The lowest BCUT2D eigenvalue weighted by Gasteiger charge is -2.13. The van der Waals surface area contributed by atoms with Gasteiger partial charge in [-0.2, -0.15) is 0 Å². The summed E-state index contributed by atoms with van der Waals surface area (Å²) in [7, 11) is 0. The Labute approximate surface area is 119 Å². The number of benzene rings is 1. The topological polar surface area (TPSA) is 72.2 Å². The average molecular weight is 327 g/mol. The second-order valence-electron chi connectivity index (χ2n) is 4.98. The molecule has 0 aromatic heterocycles. The number of nitrogens with zero attached hydrogens (tertiary/aromatic N) is 1. The van der Waals surface area contributed by atoms with Crippen LogP contribution in [0.1, 0.15) is 36.5 Å². The smallest absolute Gasteiger partial charge is 0.284 e. The number of carbonyl (C=O) groups excluding carboxylic acids is 1. The number of amides is 1. The monoisotopic (exact) mass is 326 g/mol. The average Bonchev–Trinajstić information content (AvgIpc) is 3.12. The number of rotatable bonds is 5. The third kappa shape index (κ3) is 3.76. The minimum absolute atomic E-state index is 0.0949. The Morgan fingerprint density at radius 1 is 1.58 bits per heavy atom. The van der Waals surface area contributed by atoms with Crippen molar-refractivity contribution in [3.8, 4) is 0 Å². The van der Waals surface area contributed by atoms with Gasteiger partial charge in [-0.1, -0.05) is 12.8 Å². The maximum absolute atomic E-state index is 12.0. The third-order valence-corrected chi connectivity index (χ3v) is 3.84. The van der Waals surface area contributed by atoms with Crippen molar-refractivity contribution in [3.63, 3.8) is 0 Å². The van der Waals surface area contributed by atoms with E-state index in [-0.39, 0.29) is 17.6 Å². The van der Waals surface area contributed by atoms with Crippen LogP contribution in [0.5, 0.6) is 0 Å². The zero-order valence-electron chi connectivity index (χ0n) is 10.6. The number of halogens is 1. The molecule has 1 unspecified atom stereocenters. The fourth-order valence-electron chi connectivity index (χ4n) is 2.01. The van der Waals surface area contributed by atoms with E-state index in [0.717, 1.165) is 12.3 Å². The molecule has 1 aromatic carbocycles. The number of nitro benzene ring substituents is 1. The second-order valence-corrected chi connectivity index (χ2v) is 5.83.